The number of aliphatic hydroxyl groups is 3. The van der Waals surface area contributed by atoms with E-state index in [4.69, 9.17) is 34.0 Å². The number of aliphatic hydroxyl groups excluding tert-OH is 3. The molecule has 0 amide bonds. The van der Waals surface area contributed by atoms with Gasteiger partial charge in [-0.05, 0) is 0 Å². The summed E-state index contributed by atoms with van der Waals surface area (Å²) in [4.78, 5) is 76.2. The summed E-state index contributed by atoms with van der Waals surface area (Å²) in [6.07, 6.45) is -11.6. The van der Waals surface area contributed by atoms with Crippen molar-refractivity contribution in [1.82, 2.24) is 29.1 Å². The SMILES string of the molecule is Nc1nc2c(ncn2[C@@H]2O[C@H](COP(=O)(O)O)[C@@H](O)[C@H]2OP(=O)(O)OC[C@H]2O[C@@H](n3ccc(=O)[nH]c3=O)[C@H](O)[C@@H]2O)c(=O)[nH]1. The number of nitrogens with one attached hydrogen (secondary N) is 2. The largest absolute Gasteiger partial charge is 0.472 e. The van der Waals surface area contributed by atoms with E-state index in [1.165, 1.54) is 0 Å². The third kappa shape index (κ3) is 6.60. The summed E-state index contributed by atoms with van der Waals surface area (Å²) >= 11 is 0. The second-order valence-corrected chi connectivity index (χ2v) is 12.2. The molecule has 0 aromatic carbocycles. The monoisotopic (exact) mass is 669 g/mol. The molecular formula is C19H25N7O16P2. The summed E-state index contributed by atoms with van der Waals surface area (Å²) in [5.41, 5.74) is 2.64. The molecule has 0 radical (unpaired) electrons. The van der Waals surface area contributed by atoms with Crippen molar-refractivity contribution in [2.75, 3.05) is 18.9 Å². The Balaban J connectivity index is 1.35. The number of nitrogen functional groups attached to an aromatic ring is 1. The van der Waals surface area contributed by atoms with Crippen molar-refractivity contribution in [3.63, 3.8) is 0 Å². The van der Waals surface area contributed by atoms with E-state index in [1.54, 1.807) is 0 Å². The van der Waals surface area contributed by atoms with Crippen LogP contribution in [0.2, 0.25) is 0 Å². The number of anilines is 1. The lowest BCUT2D eigenvalue weighted by Gasteiger charge is -2.25. The molecule has 0 spiro atoms. The number of hydrogen-bond donors (Lipinski definition) is 9. The number of rotatable bonds is 10. The third-order valence-electron chi connectivity index (χ3n) is 6.56. The molecular weight excluding hydrogens is 644 g/mol. The van der Waals surface area contributed by atoms with Gasteiger partial charge in [-0.2, -0.15) is 4.98 Å². The van der Waals surface area contributed by atoms with Gasteiger partial charge in [0.1, 0.15) is 36.6 Å². The second kappa shape index (κ2) is 12.0. The van der Waals surface area contributed by atoms with Crippen LogP contribution in [-0.2, 0) is 32.2 Å². The molecule has 3 aromatic heterocycles. The van der Waals surface area contributed by atoms with Gasteiger partial charge in [0.15, 0.2) is 23.6 Å². The molecule has 9 atom stereocenters. The zero-order chi connectivity index (χ0) is 32.1. The number of nitrogens with zero attached hydrogens (tertiary/aromatic N) is 4. The van der Waals surface area contributed by atoms with Crippen molar-refractivity contribution in [2.45, 2.75) is 49.1 Å². The fourth-order valence-electron chi connectivity index (χ4n) is 4.57. The maximum Gasteiger partial charge on any atom is 0.472 e. The van der Waals surface area contributed by atoms with E-state index in [0.29, 0.717) is 0 Å². The molecule has 0 aliphatic carbocycles. The first kappa shape index (κ1) is 32.2. The number of aromatic nitrogens is 6. The van der Waals surface area contributed by atoms with Crippen LogP contribution in [0.25, 0.3) is 11.2 Å². The molecule has 23 nitrogen and oxygen atoms in total. The van der Waals surface area contributed by atoms with E-state index in [1.807, 2.05) is 4.98 Å². The Morgan fingerprint density at radius 1 is 0.932 bits per heavy atom. The number of imidazole rings is 1. The number of ether oxygens (including phenoxy) is 2. The summed E-state index contributed by atoms with van der Waals surface area (Å²) in [6, 6.07) is 0.955. The first-order chi connectivity index (χ1) is 20.5. The normalized spacial score (nSPS) is 30.6. The first-order valence-electron chi connectivity index (χ1n) is 12.3. The van der Waals surface area contributed by atoms with Gasteiger partial charge >= 0.3 is 21.3 Å². The standard InChI is InChI=1S/C19H25N7O16P2/c20-18-23-14-9(15(31)24-18)21-5-26(14)17-13(11(29)7(41-17)3-38-43(33,34)35)42-44(36,37)39-4-6-10(28)12(30)16(40-6)25-2-1-8(27)22-19(25)32/h1-2,5-7,10-13,16-17,28-30H,3-4H2,(H,36,37)(H,22,27,32)(H2,33,34,35)(H3,20,23,24,31)/t6-,7-,10-,11-,12-,13-,16-,17-/m1/s1. The zero-order valence-electron chi connectivity index (χ0n) is 21.8. The van der Waals surface area contributed by atoms with Crippen LogP contribution >= 0.6 is 15.6 Å². The number of aromatic amines is 2. The molecule has 44 heavy (non-hydrogen) atoms. The predicted molar refractivity (Wildman–Crippen MR) is 138 cm³/mol. The van der Waals surface area contributed by atoms with E-state index in [9.17, 15) is 43.7 Å². The lowest BCUT2D eigenvalue weighted by molar-refractivity contribution is -0.0634. The van der Waals surface area contributed by atoms with E-state index >= 15 is 0 Å². The maximum absolute atomic E-state index is 13.0. The van der Waals surface area contributed by atoms with Crippen LogP contribution in [-0.4, -0.2) is 109 Å². The average Bonchev–Trinajstić information content (AvgIpc) is 3.56. The number of H-pyrrole nitrogens is 2. The minimum Gasteiger partial charge on any atom is -0.387 e. The minimum atomic E-state index is -5.25. The lowest BCUT2D eigenvalue weighted by atomic mass is 10.1. The molecule has 25 heteroatoms. The highest BCUT2D eigenvalue weighted by atomic mass is 31.2. The summed E-state index contributed by atoms with van der Waals surface area (Å²) in [5, 5.41) is 31.6. The highest BCUT2D eigenvalue weighted by molar-refractivity contribution is 7.47. The second-order valence-electron chi connectivity index (χ2n) is 9.52. The summed E-state index contributed by atoms with van der Waals surface area (Å²) in [7, 11) is -10.3. The van der Waals surface area contributed by atoms with Crippen LogP contribution < -0.4 is 22.5 Å². The quantitative estimate of drug-likeness (QED) is 0.0922. The number of nitrogens with two attached hydrogens (primary N) is 1. The molecule has 5 rings (SSSR count). The summed E-state index contributed by atoms with van der Waals surface area (Å²) in [6.45, 7) is -1.84. The molecule has 0 bridgehead atoms. The number of phosphoric acid groups is 2. The Bertz CT molecular complexity index is 1800. The summed E-state index contributed by atoms with van der Waals surface area (Å²) in [5.74, 6) is -0.349. The Labute approximate surface area is 242 Å². The number of fused-ring (bicyclic) bond motifs is 1. The van der Waals surface area contributed by atoms with Crippen molar-refractivity contribution in [2.24, 2.45) is 0 Å². The molecule has 2 saturated heterocycles. The molecule has 242 valence electrons. The molecule has 2 aliphatic rings. The van der Waals surface area contributed by atoms with Crippen molar-refractivity contribution in [3.8, 4) is 0 Å². The lowest BCUT2D eigenvalue weighted by Crippen LogP contribution is -2.37. The van der Waals surface area contributed by atoms with Gasteiger partial charge in [0.05, 0.1) is 19.5 Å². The van der Waals surface area contributed by atoms with Gasteiger partial charge in [0.25, 0.3) is 11.1 Å². The van der Waals surface area contributed by atoms with Crippen LogP contribution in [0.3, 0.4) is 0 Å². The highest BCUT2D eigenvalue weighted by Crippen LogP contribution is 2.50. The van der Waals surface area contributed by atoms with Gasteiger partial charge in [-0.3, -0.25) is 42.3 Å². The first-order valence-corrected chi connectivity index (χ1v) is 15.3. The fourth-order valence-corrected chi connectivity index (χ4v) is 5.84. The topological polar surface area (TPSA) is 346 Å². The van der Waals surface area contributed by atoms with Crippen molar-refractivity contribution >= 4 is 32.8 Å². The third-order valence-corrected chi connectivity index (χ3v) is 8.03. The van der Waals surface area contributed by atoms with Crippen LogP contribution in [0, 0.1) is 0 Å². The Kier molecular flexibility index (Phi) is 8.78. The predicted octanol–water partition coefficient (Wildman–Crippen LogP) is -4.26. The van der Waals surface area contributed by atoms with Crippen LogP contribution in [0.15, 0.2) is 33.0 Å². The molecule has 2 fully saturated rings. The number of phosphoric ester groups is 2. The van der Waals surface area contributed by atoms with Crippen molar-refractivity contribution in [1.29, 1.82) is 0 Å². The molecule has 10 N–H and O–H groups in total. The molecule has 1 unspecified atom stereocenters. The number of hydrogen-bond acceptors (Lipinski definition) is 16. The van der Waals surface area contributed by atoms with Gasteiger partial charge in [-0.1, -0.05) is 0 Å². The van der Waals surface area contributed by atoms with E-state index in [-0.39, 0.29) is 17.1 Å². The Morgan fingerprint density at radius 3 is 2.27 bits per heavy atom. The minimum absolute atomic E-state index is 0.220. The highest BCUT2D eigenvalue weighted by Gasteiger charge is 2.51. The van der Waals surface area contributed by atoms with Gasteiger partial charge in [0, 0.05) is 12.3 Å². The summed E-state index contributed by atoms with van der Waals surface area (Å²) < 4.78 is 51.4. The van der Waals surface area contributed by atoms with Crippen LogP contribution in [0.5, 0.6) is 0 Å². The van der Waals surface area contributed by atoms with Crippen molar-refractivity contribution in [3.05, 3.63) is 49.8 Å². The molecule has 2 aliphatic heterocycles. The zero-order valence-corrected chi connectivity index (χ0v) is 23.6. The van der Waals surface area contributed by atoms with Gasteiger partial charge in [-0.15, -0.1) is 0 Å². The van der Waals surface area contributed by atoms with E-state index in [2.05, 4.69) is 19.5 Å². The average molecular weight is 669 g/mol. The molecule has 0 saturated carbocycles. The molecule has 5 heterocycles. The smallest absolute Gasteiger partial charge is 0.387 e. The fraction of sp³-hybridized carbons (Fsp3) is 0.526. The molecule has 3 aromatic rings. The van der Waals surface area contributed by atoms with Crippen LogP contribution in [0.4, 0.5) is 5.95 Å². The van der Waals surface area contributed by atoms with Crippen molar-refractivity contribution < 1.29 is 62.2 Å². The van der Waals surface area contributed by atoms with E-state index < -0.39 is 94.7 Å². The van der Waals surface area contributed by atoms with Gasteiger partial charge in [-0.25, -0.2) is 18.9 Å². The van der Waals surface area contributed by atoms with E-state index in [0.717, 1.165) is 27.7 Å². The Hall–Kier alpha value is -3.15. The van der Waals surface area contributed by atoms with Gasteiger partial charge in [0.2, 0.25) is 5.95 Å². The van der Waals surface area contributed by atoms with Crippen LogP contribution in [0.1, 0.15) is 12.5 Å². The van der Waals surface area contributed by atoms with Gasteiger partial charge < -0.3 is 45.2 Å². The maximum atomic E-state index is 13.0. The Morgan fingerprint density at radius 2 is 1.59 bits per heavy atom.